The van der Waals surface area contributed by atoms with E-state index in [1.165, 1.54) is 13.8 Å². The lowest BCUT2D eigenvalue weighted by molar-refractivity contribution is 0.0949. The van der Waals surface area contributed by atoms with Gasteiger partial charge in [-0.3, -0.25) is 4.79 Å². The van der Waals surface area contributed by atoms with Crippen LogP contribution in [-0.2, 0) is 16.4 Å². The van der Waals surface area contributed by atoms with Gasteiger partial charge >= 0.3 is 0 Å². The van der Waals surface area contributed by atoms with E-state index in [1.54, 1.807) is 0 Å². The molecule has 0 aliphatic carbocycles. The Hall–Kier alpha value is -2.12. The highest BCUT2D eigenvalue weighted by atomic mass is 32.2. The molecular weight excluding hydrogens is 304 g/mol. The van der Waals surface area contributed by atoms with Gasteiger partial charge in [-0.1, -0.05) is 30.3 Å². The molecule has 7 heteroatoms. The van der Waals surface area contributed by atoms with Crippen LogP contribution in [0.1, 0.15) is 27.4 Å². The molecule has 0 aliphatic rings. The molecule has 0 fully saturated rings. The molecule has 0 saturated carbocycles. The molecule has 0 bridgehead atoms. The van der Waals surface area contributed by atoms with Crippen molar-refractivity contribution >= 4 is 15.9 Å². The third-order valence-electron chi connectivity index (χ3n) is 3.26. The Morgan fingerprint density at radius 2 is 1.82 bits per heavy atom. The molecule has 0 saturated heterocycles. The van der Waals surface area contributed by atoms with Gasteiger partial charge in [-0.05, 0) is 25.8 Å². The van der Waals surface area contributed by atoms with Crippen LogP contribution in [0.4, 0.5) is 0 Å². The van der Waals surface area contributed by atoms with E-state index >= 15 is 0 Å². The van der Waals surface area contributed by atoms with Gasteiger partial charge in [0.05, 0.1) is 0 Å². The zero-order valence-electron chi connectivity index (χ0n) is 12.4. The van der Waals surface area contributed by atoms with E-state index in [1.807, 2.05) is 30.3 Å². The quantitative estimate of drug-likeness (QED) is 0.871. The van der Waals surface area contributed by atoms with Crippen molar-refractivity contribution in [3.8, 4) is 0 Å². The number of carbonyl (C=O) groups is 1. The van der Waals surface area contributed by atoms with Crippen molar-refractivity contribution in [3.63, 3.8) is 0 Å². The monoisotopic (exact) mass is 322 g/mol. The highest BCUT2D eigenvalue weighted by Crippen LogP contribution is 2.25. The molecular formula is C15H18N2O4S. The fraction of sp³-hybridized carbons (Fsp3) is 0.267. The summed E-state index contributed by atoms with van der Waals surface area (Å²) in [5, 5.41) is 7.86. The first-order chi connectivity index (χ1) is 10.3. The number of carbonyl (C=O) groups excluding carboxylic acids is 1. The van der Waals surface area contributed by atoms with Crippen LogP contribution in [0.2, 0.25) is 0 Å². The SMILES string of the molecule is Cc1oc(C)c(S(N)(=O)=O)c1C(=O)NCCc1ccccc1. The first-order valence-corrected chi connectivity index (χ1v) is 8.30. The predicted octanol–water partition coefficient (Wildman–Crippen LogP) is 1.52. The van der Waals surface area contributed by atoms with Gasteiger partial charge in [0.25, 0.3) is 5.91 Å². The lowest BCUT2D eigenvalue weighted by atomic mass is 10.1. The summed E-state index contributed by atoms with van der Waals surface area (Å²) in [5.41, 5.74) is 1.06. The number of amides is 1. The summed E-state index contributed by atoms with van der Waals surface area (Å²) in [6.07, 6.45) is 0.646. The van der Waals surface area contributed by atoms with Crippen LogP contribution in [0.15, 0.2) is 39.6 Å². The molecule has 6 nitrogen and oxygen atoms in total. The van der Waals surface area contributed by atoms with E-state index in [-0.39, 0.29) is 22.0 Å². The van der Waals surface area contributed by atoms with Crippen molar-refractivity contribution in [1.29, 1.82) is 0 Å². The number of nitrogens with one attached hydrogen (secondary N) is 1. The Bertz CT molecular complexity index is 779. The Morgan fingerprint density at radius 3 is 2.41 bits per heavy atom. The van der Waals surface area contributed by atoms with Gasteiger partial charge in [-0.2, -0.15) is 0 Å². The summed E-state index contributed by atoms with van der Waals surface area (Å²) in [6, 6.07) is 9.65. The van der Waals surface area contributed by atoms with Crippen molar-refractivity contribution in [2.45, 2.75) is 25.2 Å². The third-order valence-corrected chi connectivity index (χ3v) is 4.32. The lowest BCUT2D eigenvalue weighted by Crippen LogP contribution is -2.28. The maximum atomic E-state index is 12.2. The second kappa shape index (κ2) is 6.33. The number of furan rings is 1. The van der Waals surface area contributed by atoms with Gasteiger partial charge < -0.3 is 9.73 Å². The maximum Gasteiger partial charge on any atom is 0.256 e. The predicted molar refractivity (Wildman–Crippen MR) is 82.0 cm³/mol. The number of hydrogen-bond acceptors (Lipinski definition) is 4. The molecule has 0 unspecified atom stereocenters. The second-order valence-electron chi connectivity index (χ2n) is 4.96. The smallest absolute Gasteiger partial charge is 0.256 e. The van der Waals surface area contributed by atoms with Crippen LogP contribution >= 0.6 is 0 Å². The molecule has 1 aromatic heterocycles. The highest BCUT2D eigenvalue weighted by Gasteiger charge is 2.28. The minimum atomic E-state index is -4.02. The Kier molecular flexibility index (Phi) is 4.68. The number of sulfonamides is 1. The summed E-state index contributed by atoms with van der Waals surface area (Å²) >= 11 is 0. The number of aryl methyl sites for hydroxylation is 2. The lowest BCUT2D eigenvalue weighted by Gasteiger charge is -2.06. The molecule has 0 aliphatic heterocycles. The minimum Gasteiger partial charge on any atom is -0.464 e. The molecule has 0 spiro atoms. The van der Waals surface area contributed by atoms with E-state index in [9.17, 15) is 13.2 Å². The fourth-order valence-electron chi connectivity index (χ4n) is 2.32. The average molecular weight is 322 g/mol. The van der Waals surface area contributed by atoms with Gasteiger partial charge in [0, 0.05) is 6.54 Å². The topological polar surface area (TPSA) is 102 Å². The zero-order chi connectivity index (χ0) is 16.3. The van der Waals surface area contributed by atoms with E-state index in [4.69, 9.17) is 9.56 Å². The fourth-order valence-corrected chi connectivity index (χ4v) is 3.29. The van der Waals surface area contributed by atoms with Crippen molar-refractivity contribution in [2.24, 2.45) is 5.14 Å². The minimum absolute atomic E-state index is 0.0203. The molecule has 0 radical (unpaired) electrons. The average Bonchev–Trinajstić information content (AvgIpc) is 2.74. The summed E-state index contributed by atoms with van der Waals surface area (Å²) in [6.45, 7) is 3.39. The van der Waals surface area contributed by atoms with Gasteiger partial charge in [0.1, 0.15) is 22.0 Å². The number of hydrogen-bond donors (Lipinski definition) is 2. The van der Waals surface area contributed by atoms with Crippen LogP contribution in [0.5, 0.6) is 0 Å². The second-order valence-corrected chi connectivity index (χ2v) is 6.45. The standard InChI is InChI=1S/C15H18N2O4S/c1-10-13(14(11(2)21-10)22(16,19)20)15(18)17-9-8-12-6-4-3-5-7-12/h3-7H,8-9H2,1-2H3,(H,17,18)(H2,16,19,20). The molecule has 118 valence electrons. The summed E-state index contributed by atoms with van der Waals surface area (Å²) < 4.78 is 28.5. The maximum absolute atomic E-state index is 12.2. The Labute approximate surface area is 129 Å². The van der Waals surface area contributed by atoms with E-state index in [2.05, 4.69) is 5.32 Å². The Morgan fingerprint density at radius 1 is 1.18 bits per heavy atom. The third kappa shape index (κ3) is 3.55. The summed E-state index contributed by atoms with van der Waals surface area (Å²) in [4.78, 5) is 12.0. The molecule has 1 amide bonds. The van der Waals surface area contributed by atoms with Crippen molar-refractivity contribution < 1.29 is 17.6 Å². The largest absolute Gasteiger partial charge is 0.464 e. The van der Waals surface area contributed by atoms with Gasteiger partial charge in [-0.25, -0.2) is 13.6 Å². The molecule has 22 heavy (non-hydrogen) atoms. The first kappa shape index (κ1) is 16.3. The van der Waals surface area contributed by atoms with Gasteiger partial charge in [0.15, 0.2) is 0 Å². The van der Waals surface area contributed by atoms with Crippen molar-refractivity contribution in [2.75, 3.05) is 6.54 Å². The molecule has 1 heterocycles. The van der Waals surface area contributed by atoms with Crippen LogP contribution in [0.25, 0.3) is 0 Å². The number of primary sulfonamides is 1. The van der Waals surface area contributed by atoms with Crippen molar-refractivity contribution in [3.05, 3.63) is 53.0 Å². The molecule has 3 N–H and O–H groups in total. The molecule has 1 aromatic carbocycles. The van der Waals surface area contributed by atoms with Crippen molar-refractivity contribution in [1.82, 2.24) is 5.32 Å². The van der Waals surface area contributed by atoms with Gasteiger partial charge in [-0.15, -0.1) is 0 Å². The van der Waals surface area contributed by atoms with E-state index in [0.29, 0.717) is 13.0 Å². The van der Waals surface area contributed by atoms with E-state index < -0.39 is 15.9 Å². The number of benzene rings is 1. The van der Waals surface area contributed by atoms with Crippen LogP contribution in [0, 0.1) is 13.8 Å². The molecule has 2 rings (SSSR count). The zero-order valence-corrected chi connectivity index (χ0v) is 13.2. The summed E-state index contributed by atoms with van der Waals surface area (Å²) in [5.74, 6) is -0.152. The number of nitrogens with two attached hydrogens (primary N) is 1. The normalized spacial score (nSPS) is 11.4. The Balaban J connectivity index is 2.14. The number of rotatable bonds is 5. The molecule has 0 atom stereocenters. The van der Waals surface area contributed by atoms with Crippen LogP contribution in [0.3, 0.4) is 0 Å². The van der Waals surface area contributed by atoms with E-state index in [0.717, 1.165) is 5.56 Å². The highest BCUT2D eigenvalue weighted by molar-refractivity contribution is 7.89. The van der Waals surface area contributed by atoms with Crippen LogP contribution in [-0.4, -0.2) is 20.9 Å². The first-order valence-electron chi connectivity index (χ1n) is 6.75. The van der Waals surface area contributed by atoms with Gasteiger partial charge in [0.2, 0.25) is 10.0 Å². The summed E-state index contributed by atoms with van der Waals surface area (Å²) in [7, 11) is -4.02. The molecule has 2 aromatic rings. The van der Waals surface area contributed by atoms with Crippen LogP contribution < -0.4 is 10.5 Å².